The second-order valence-electron chi connectivity index (χ2n) is 9.63. The maximum absolute atomic E-state index is 12.5. The van der Waals surface area contributed by atoms with E-state index in [0.29, 0.717) is 18.1 Å². The van der Waals surface area contributed by atoms with Gasteiger partial charge in [0.2, 0.25) is 0 Å². The molecule has 1 saturated heterocycles. The van der Waals surface area contributed by atoms with Crippen LogP contribution in [-0.4, -0.2) is 60.3 Å². The number of nitrogens with zero attached hydrogens (tertiary/aromatic N) is 3. The van der Waals surface area contributed by atoms with Crippen LogP contribution in [0.25, 0.3) is 0 Å². The first-order valence-electron chi connectivity index (χ1n) is 13.2. The molecule has 1 N–H and O–H groups in total. The summed E-state index contributed by atoms with van der Waals surface area (Å²) in [6.45, 7) is 9.58. The molecule has 0 bridgehead atoms. The van der Waals surface area contributed by atoms with Gasteiger partial charge < -0.3 is 14.8 Å². The van der Waals surface area contributed by atoms with Crippen LogP contribution in [-0.2, 0) is 16.0 Å². The topological polar surface area (TPSA) is 76.6 Å². The highest BCUT2D eigenvalue weighted by molar-refractivity contribution is 5.89. The van der Waals surface area contributed by atoms with Crippen molar-refractivity contribution in [3.8, 4) is 0 Å². The summed E-state index contributed by atoms with van der Waals surface area (Å²) in [7, 11) is 0. The number of aryl methyl sites for hydroxylation is 2. The summed E-state index contributed by atoms with van der Waals surface area (Å²) in [5.41, 5.74) is 6.03. The first-order valence-corrected chi connectivity index (χ1v) is 13.2. The summed E-state index contributed by atoms with van der Waals surface area (Å²) in [6.07, 6.45) is 4.40. The summed E-state index contributed by atoms with van der Waals surface area (Å²) in [5, 5.41) is 3.57. The zero-order valence-electron chi connectivity index (χ0n) is 22.0. The Kier molecular flexibility index (Phi) is 10.0. The van der Waals surface area contributed by atoms with Crippen LogP contribution in [0.5, 0.6) is 0 Å². The van der Waals surface area contributed by atoms with Gasteiger partial charge in [0.1, 0.15) is 6.33 Å². The SMILES string of the molecule is Cc1ncnc(C)c1NCC(CCCCOC(=O)c1ccc(CN2CCOCC2)cc1)c1ccccc1. The molecular weight excluding hydrogens is 464 g/mol. The summed E-state index contributed by atoms with van der Waals surface area (Å²) in [4.78, 5) is 23.5. The van der Waals surface area contributed by atoms with Gasteiger partial charge in [-0.1, -0.05) is 42.5 Å². The maximum atomic E-state index is 12.5. The fraction of sp³-hybridized carbons (Fsp3) is 0.433. The third-order valence-corrected chi connectivity index (χ3v) is 6.90. The van der Waals surface area contributed by atoms with Gasteiger partial charge in [-0.05, 0) is 56.4 Å². The summed E-state index contributed by atoms with van der Waals surface area (Å²) < 4.78 is 11.0. The zero-order chi connectivity index (χ0) is 25.9. The van der Waals surface area contributed by atoms with Crippen LogP contribution in [0.3, 0.4) is 0 Å². The molecule has 2 heterocycles. The fourth-order valence-corrected chi connectivity index (χ4v) is 4.69. The number of rotatable bonds is 12. The molecule has 1 atom stereocenters. The molecule has 1 aliphatic rings. The van der Waals surface area contributed by atoms with Gasteiger partial charge in [-0.3, -0.25) is 4.90 Å². The monoisotopic (exact) mass is 502 g/mol. The van der Waals surface area contributed by atoms with Crippen LogP contribution in [0, 0.1) is 13.8 Å². The smallest absolute Gasteiger partial charge is 0.338 e. The molecule has 196 valence electrons. The molecule has 0 spiro atoms. The van der Waals surface area contributed by atoms with Crippen molar-refractivity contribution < 1.29 is 14.3 Å². The molecule has 1 aliphatic heterocycles. The zero-order valence-corrected chi connectivity index (χ0v) is 22.0. The molecule has 0 saturated carbocycles. The number of esters is 1. The van der Waals surface area contributed by atoms with Crippen molar-refractivity contribution in [2.75, 3.05) is 44.8 Å². The molecule has 4 rings (SSSR count). The van der Waals surface area contributed by atoms with Crippen molar-refractivity contribution in [3.05, 3.63) is 89.0 Å². The molecule has 3 aromatic rings. The van der Waals surface area contributed by atoms with Gasteiger partial charge >= 0.3 is 5.97 Å². The van der Waals surface area contributed by atoms with Crippen LogP contribution in [0.4, 0.5) is 5.69 Å². The highest BCUT2D eigenvalue weighted by atomic mass is 16.5. The van der Waals surface area contributed by atoms with Gasteiger partial charge in [-0.2, -0.15) is 0 Å². The molecule has 1 fully saturated rings. The first kappa shape index (κ1) is 26.8. The predicted octanol–water partition coefficient (Wildman–Crippen LogP) is 5.15. The van der Waals surface area contributed by atoms with Crippen molar-refractivity contribution >= 4 is 11.7 Å². The molecule has 2 aromatic carbocycles. The van der Waals surface area contributed by atoms with Crippen molar-refractivity contribution in [2.45, 2.75) is 45.6 Å². The Morgan fingerprint density at radius 3 is 2.41 bits per heavy atom. The standard InChI is InChI=1S/C30H38N4O3/c1-23-29(24(2)33-22-32-23)31-20-28(26-8-4-3-5-9-26)10-6-7-17-37-30(35)27-13-11-25(12-14-27)21-34-15-18-36-19-16-34/h3-5,8-9,11-14,22,28,31H,6-7,10,15-21H2,1-2H3. The Bertz CT molecular complexity index is 1100. The molecule has 37 heavy (non-hydrogen) atoms. The average Bonchev–Trinajstić information content (AvgIpc) is 2.93. The largest absolute Gasteiger partial charge is 0.462 e. The van der Waals surface area contributed by atoms with Crippen LogP contribution >= 0.6 is 0 Å². The Morgan fingerprint density at radius 1 is 1.00 bits per heavy atom. The third kappa shape index (κ3) is 8.10. The highest BCUT2D eigenvalue weighted by Gasteiger charge is 2.15. The van der Waals surface area contributed by atoms with Crippen LogP contribution in [0.2, 0.25) is 0 Å². The Hall–Kier alpha value is -3.29. The minimum absolute atomic E-state index is 0.255. The molecule has 0 amide bonds. The highest BCUT2D eigenvalue weighted by Crippen LogP contribution is 2.24. The minimum Gasteiger partial charge on any atom is -0.462 e. The number of morpholine rings is 1. The van der Waals surface area contributed by atoms with E-state index in [1.165, 1.54) is 11.1 Å². The molecule has 1 unspecified atom stereocenters. The number of unbranched alkanes of at least 4 members (excludes halogenated alkanes) is 1. The quantitative estimate of drug-likeness (QED) is 0.271. The van der Waals surface area contributed by atoms with E-state index in [1.807, 2.05) is 44.2 Å². The second-order valence-corrected chi connectivity index (χ2v) is 9.63. The number of benzene rings is 2. The lowest BCUT2D eigenvalue weighted by Gasteiger charge is -2.26. The fourth-order valence-electron chi connectivity index (χ4n) is 4.69. The molecule has 7 heteroatoms. The van der Waals surface area contributed by atoms with E-state index in [1.54, 1.807) is 6.33 Å². The third-order valence-electron chi connectivity index (χ3n) is 6.90. The van der Waals surface area contributed by atoms with Crippen molar-refractivity contribution in [3.63, 3.8) is 0 Å². The van der Waals surface area contributed by atoms with E-state index < -0.39 is 0 Å². The molecular formula is C30H38N4O3. The Labute approximate surface area is 220 Å². The van der Waals surface area contributed by atoms with Gasteiger partial charge in [0.15, 0.2) is 0 Å². The van der Waals surface area contributed by atoms with Crippen LogP contribution in [0.1, 0.15) is 58.1 Å². The Balaban J connectivity index is 1.22. The minimum atomic E-state index is -0.255. The number of nitrogens with one attached hydrogen (secondary N) is 1. The summed E-state index contributed by atoms with van der Waals surface area (Å²) in [6, 6.07) is 18.3. The number of carbonyl (C=O) groups excluding carboxylic acids is 1. The second kappa shape index (κ2) is 13.9. The van der Waals surface area contributed by atoms with Crippen LogP contribution < -0.4 is 5.32 Å². The average molecular weight is 503 g/mol. The van der Waals surface area contributed by atoms with E-state index in [-0.39, 0.29) is 5.97 Å². The molecule has 1 aromatic heterocycles. The van der Waals surface area contributed by atoms with Crippen molar-refractivity contribution in [2.24, 2.45) is 0 Å². The molecule has 0 radical (unpaired) electrons. The molecule has 0 aliphatic carbocycles. The number of ether oxygens (including phenoxy) is 2. The van der Waals surface area contributed by atoms with Crippen LogP contribution in [0.15, 0.2) is 60.9 Å². The normalized spacial score (nSPS) is 14.8. The predicted molar refractivity (Wildman–Crippen MR) is 146 cm³/mol. The van der Waals surface area contributed by atoms with Crippen molar-refractivity contribution in [1.82, 2.24) is 14.9 Å². The van der Waals surface area contributed by atoms with Gasteiger partial charge in [0.05, 0.1) is 42.5 Å². The van der Waals surface area contributed by atoms with Gasteiger partial charge in [0.25, 0.3) is 0 Å². The van der Waals surface area contributed by atoms with Gasteiger partial charge in [-0.25, -0.2) is 14.8 Å². The van der Waals surface area contributed by atoms with E-state index >= 15 is 0 Å². The number of carbonyl (C=O) groups is 1. The van der Waals surface area contributed by atoms with E-state index in [0.717, 1.165) is 75.7 Å². The summed E-state index contributed by atoms with van der Waals surface area (Å²) >= 11 is 0. The maximum Gasteiger partial charge on any atom is 0.338 e. The first-order chi connectivity index (χ1) is 18.1. The summed E-state index contributed by atoms with van der Waals surface area (Å²) in [5.74, 6) is 0.0872. The van der Waals surface area contributed by atoms with E-state index in [9.17, 15) is 4.79 Å². The molecule has 7 nitrogen and oxygen atoms in total. The lowest BCUT2D eigenvalue weighted by atomic mass is 9.93. The number of hydrogen-bond donors (Lipinski definition) is 1. The van der Waals surface area contributed by atoms with Gasteiger partial charge in [0, 0.05) is 32.1 Å². The van der Waals surface area contributed by atoms with E-state index in [2.05, 4.69) is 44.5 Å². The van der Waals surface area contributed by atoms with Gasteiger partial charge in [-0.15, -0.1) is 0 Å². The Morgan fingerprint density at radius 2 is 1.70 bits per heavy atom. The lowest BCUT2D eigenvalue weighted by molar-refractivity contribution is 0.0342. The number of hydrogen-bond acceptors (Lipinski definition) is 7. The number of aromatic nitrogens is 2. The lowest BCUT2D eigenvalue weighted by Crippen LogP contribution is -2.35. The van der Waals surface area contributed by atoms with E-state index in [4.69, 9.17) is 9.47 Å². The number of anilines is 1. The van der Waals surface area contributed by atoms with Crippen molar-refractivity contribution in [1.29, 1.82) is 0 Å².